The molecule has 0 unspecified atom stereocenters. The minimum absolute atomic E-state index is 0.0452. The Labute approximate surface area is 163 Å². The number of ether oxygens (including phenoxy) is 1. The molecule has 0 aliphatic rings. The number of H-pyrrole nitrogens is 1. The van der Waals surface area contributed by atoms with Crippen molar-refractivity contribution in [3.05, 3.63) is 66.1 Å². The van der Waals surface area contributed by atoms with E-state index >= 15 is 0 Å². The maximum absolute atomic E-state index is 12.5. The molecule has 0 saturated carbocycles. The zero-order valence-electron chi connectivity index (χ0n) is 15.9. The van der Waals surface area contributed by atoms with Gasteiger partial charge < -0.3 is 19.6 Å². The number of aromatic amines is 1. The normalized spacial score (nSPS) is 11.3. The Hall–Kier alpha value is -3.12. The first-order chi connectivity index (χ1) is 13.7. The van der Waals surface area contributed by atoms with Crippen molar-refractivity contribution in [2.45, 2.75) is 19.4 Å². The van der Waals surface area contributed by atoms with Crippen LogP contribution in [0.3, 0.4) is 0 Å². The number of benzene rings is 2. The monoisotopic (exact) mass is 376 g/mol. The number of hydrogen-bond donors (Lipinski definition) is 2. The molecular weight excluding hydrogens is 352 g/mol. The van der Waals surface area contributed by atoms with Gasteiger partial charge in [0.1, 0.15) is 5.82 Å². The van der Waals surface area contributed by atoms with Crippen LogP contribution in [0.4, 0.5) is 0 Å². The zero-order chi connectivity index (χ0) is 19.3. The molecule has 6 nitrogen and oxygen atoms in total. The molecule has 2 aromatic carbocycles. The number of imidazole rings is 1. The van der Waals surface area contributed by atoms with Crippen molar-refractivity contribution in [1.82, 2.24) is 19.9 Å². The van der Waals surface area contributed by atoms with Crippen LogP contribution in [-0.4, -0.2) is 40.7 Å². The molecule has 28 heavy (non-hydrogen) atoms. The highest BCUT2D eigenvalue weighted by Gasteiger charge is 2.08. The predicted octanol–water partition coefficient (Wildman–Crippen LogP) is 3.53. The van der Waals surface area contributed by atoms with Gasteiger partial charge in [0.2, 0.25) is 0 Å². The molecule has 0 atom stereocenters. The summed E-state index contributed by atoms with van der Waals surface area (Å²) >= 11 is 0. The van der Waals surface area contributed by atoms with Gasteiger partial charge in [-0.1, -0.05) is 12.1 Å². The van der Waals surface area contributed by atoms with Gasteiger partial charge in [-0.3, -0.25) is 4.79 Å². The van der Waals surface area contributed by atoms with Gasteiger partial charge in [0.05, 0.1) is 17.6 Å². The van der Waals surface area contributed by atoms with Crippen LogP contribution in [-0.2, 0) is 17.7 Å². The number of nitrogens with zero attached hydrogens (tertiary/aromatic N) is 2. The molecule has 0 saturated heterocycles. The molecule has 1 amide bonds. The average molecular weight is 376 g/mol. The highest BCUT2D eigenvalue weighted by molar-refractivity contribution is 5.98. The molecule has 0 aliphatic heterocycles. The zero-order valence-corrected chi connectivity index (χ0v) is 15.9. The molecule has 0 bridgehead atoms. The maximum atomic E-state index is 12.5. The van der Waals surface area contributed by atoms with Crippen LogP contribution in [0.5, 0.6) is 0 Å². The number of hydrogen-bond acceptors (Lipinski definition) is 3. The van der Waals surface area contributed by atoms with E-state index in [1.54, 1.807) is 7.11 Å². The Balaban J connectivity index is 1.32. The molecule has 2 aromatic heterocycles. The highest BCUT2D eigenvalue weighted by atomic mass is 16.5. The molecular formula is C22H24N4O2. The molecule has 0 aliphatic carbocycles. The lowest BCUT2D eigenvalue weighted by Crippen LogP contribution is -2.24. The second-order valence-electron chi connectivity index (χ2n) is 6.84. The summed E-state index contributed by atoms with van der Waals surface area (Å²) in [5.74, 6) is 0.908. The van der Waals surface area contributed by atoms with Crippen molar-refractivity contribution in [2.75, 3.05) is 20.3 Å². The van der Waals surface area contributed by atoms with Gasteiger partial charge in [-0.25, -0.2) is 4.98 Å². The first kappa shape index (κ1) is 18.3. The van der Waals surface area contributed by atoms with E-state index in [0.29, 0.717) is 18.7 Å². The Morgan fingerprint density at radius 2 is 2.11 bits per heavy atom. The minimum Gasteiger partial charge on any atom is -0.383 e. The standard InChI is InChI=1S/C22H24N4O2/c1-28-14-13-26-12-10-16-15-17(8-9-20(16)26)22(27)23-11-4-7-21-24-18-5-2-3-6-19(18)25-21/h2-3,5-6,8-10,12,15H,4,7,11,13-14H2,1H3,(H,23,27)(H,24,25). The summed E-state index contributed by atoms with van der Waals surface area (Å²) in [6.45, 7) is 2.08. The molecule has 0 fully saturated rings. The quantitative estimate of drug-likeness (QED) is 0.462. The van der Waals surface area contributed by atoms with Gasteiger partial charge in [0, 0.05) is 49.3 Å². The van der Waals surface area contributed by atoms with Crippen molar-refractivity contribution >= 4 is 27.8 Å². The number of aromatic nitrogens is 3. The highest BCUT2D eigenvalue weighted by Crippen LogP contribution is 2.18. The van der Waals surface area contributed by atoms with Gasteiger partial charge in [-0.15, -0.1) is 0 Å². The first-order valence-electron chi connectivity index (χ1n) is 9.54. The summed E-state index contributed by atoms with van der Waals surface area (Å²) in [7, 11) is 1.70. The van der Waals surface area contributed by atoms with Gasteiger partial charge in [0.15, 0.2) is 0 Å². The SMILES string of the molecule is COCCn1ccc2cc(C(=O)NCCCc3nc4ccccc4[nH]3)ccc21. The molecule has 4 aromatic rings. The Morgan fingerprint density at radius 3 is 2.96 bits per heavy atom. The maximum Gasteiger partial charge on any atom is 0.251 e. The average Bonchev–Trinajstić information content (AvgIpc) is 3.32. The second kappa shape index (κ2) is 8.27. The predicted molar refractivity (Wildman–Crippen MR) is 111 cm³/mol. The Kier molecular flexibility index (Phi) is 5.39. The summed E-state index contributed by atoms with van der Waals surface area (Å²) in [6, 6.07) is 15.8. The van der Waals surface area contributed by atoms with Gasteiger partial charge >= 0.3 is 0 Å². The molecule has 2 N–H and O–H groups in total. The summed E-state index contributed by atoms with van der Waals surface area (Å²) in [6.07, 6.45) is 3.66. The van der Waals surface area contributed by atoms with Gasteiger partial charge in [-0.05, 0) is 42.8 Å². The Bertz CT molecular complexity index is 1060. The van der Waals surface area contributed by atoms with Gasteiger partial charge in [0.25, 0.3) is 5.91 Å². The molecule has 0 radical (unpaired) electrons. The molecule has 6 heteroatoms. The number of carbonyl (C=O) groups excluding carboxylic acids is 1. The molecule has 2 heterocycles. The van der Waals surface area contributed by atoms with Crippen LogP contribution in [0, 0.1) is 0 Å². The van der Waals surface area contributed by atoms with E-state index in [1.165, 1.54) is 0 Å². The molecule has 144 valence electrons. The lowest BCUT2D eigenvalue weighted by atomic mass is 10.1. The largest absolute Gasteiger partial charge is 0.383 e. The number of carbonyl (C=O) groups is 1. The fourth-order valence-corrected chi connectivity index (χ4v) is 3.41. The van der Waals surface area contributed by atoms with Crippen LogP contribution in [0.25, 0.3) is 21.9 Å². The summed E-state index contributed by atoms with van der Waals surface area (Å²) in [5.41, 5.74) is 3.82. The van der Waals surface area contributed by atoms with E-state index in [4.69, 9.17) is 4.74 Å². The number of rotatable bonds is 8. The van der Waals surface area contributed by atoms with E-state index in [-0.39, 0.29) is 5.91 Å². The lowest BCUT2D eigenvalue weighted by molar-refractivity contribution is 0.0953. The number of para-hydroxylation sites is 2. The number of amides is 1. The van der Waals surface area contributed by atoms with Crippen molar-refractivity contribution < 1.29 is 9.53 Å². The third-order valence-electron chi connectivity index (χ3n) is 4.88. The summed E-state index contributed by atoms with van der Waals surface area (Å²) in [4.78, 5) is 20.3. The van der Waals surface area contributed by atoms with Crippen LogP contribution >= 0.6 is 0 Å². The number of aryl methyl sites for hydroxylation is 1. The fraction of sp³-hybridized carbons (Fsp3) is 0.273. The third kappa shape index (κ3) is 3.92. The fourth-order valence-electron chi connectivity index (χ4n) is 3.41. The van der Waals surface area contributed by atoms with E-state index in [9.17, 15) is 4.79 Å². The number of methoxy groups -OCH3 is 1. The van der Waals surface area contributed by atoms with Crippen molar-refractivity contribution in [3.8, 4) is 0 Å². The molecule has 4 rings (SSSR count). The van der Waals surface area contributed by atoms with Crippen molar-refractivity contribution in [1.29, 1.82) is 0 Å². The van der Waals surface area contributed by atoms with Crippen molar-refractivity contribution in [3.63, 3.8) is 0 Å². The number of fused-ring (bicyclic) bond motifs is 2. The summed E-state index contributed by atoms with van der Waals surface area (Å²) < 4.78 is 7.27. The smallest absolute Gasteiger partial charge is 0.251 e. The lowest BCUT2D eigenvalue weighted by Gasteiger charge is -2.07. The first-order valence-corrected chi connectivity index (χ1v) is 9.54. The van der Waals surface area contributed by atoms with E-state index < -0.39 is 0 Å². The summed E-state index contributed by atoms with van der Waals surface area (Å²) in [5, 5.41) is 4.06. The van der Waals surface area contributed by atoms with Gasteiger partial charge in [-0.2, -0.15) is 0 Å². The van der Waals surface area contributed by atoms with E-state index in [0.717, 1.165) is 47.1 Å². The minimum atomic E-state index is -0.0452. The number of nitrogens with one attached hydrogen (secondary N) is 2. The third-order valence-corrected chi connectivity index (χ3v) is 4.88. The van der Waals surface area contributed by atoms with Crippen LogP contribution in [0.1, 0.15) is 22.6 Å². The second-order valence-corrected chi connectivity index (χ2v) is 6.84. The van der Waals surface area contributed by atoms with Crippen LogP contribution < -0.4 is 5.32 Å². The Morgan fingerprint density at radius 1 is 1.21 bits per heavy atom. The van der Waals surface area contributed by atoms with Crippen molar-refractivity contribution in [2.24, 2.45) is 0 Å². The van der Waals surface area contributed by atoms with Crippen LogP contribution in [0.15, 0.2) is 54.7 Å². The van der Waals surface area contributed by atoms with Crippen LogP contribution in [0.2, 0.25) is 0 Å². The van der Waals surface area contributed by atoms with E-state index in [1.807, 2.05) is 54.7 Å². The van der Waals surface area contributed by atoms with E-state index in [2.05, 4.69) is 19.9 Å². The topological polar surface area (TPSA) is 71.9 Å². The molecule has 0 spiro atoms.